The Bertz CT molecular complexity index is 992. The van der Waals surface area contributed by atoms with Crippen LogP contribution in [0.4, 0.5) is 0 Å². The highest BCUT2D eigenvalue weighted by Gasteiger charge is 2.25. The lowest BCUT2D eigenvalue weighted by atomic mass is 10.2. The first-order valence-electron chi connectivity index (χ1n) is 9.05. The minimum Gasteiger partial charge on any atom is -0.486 e. The maximum Gasteiger partial charge on any atom is 0.273 e. The van der Waals surface area contributed by atoms with Crippen LogP contribution in [-0.2, 0) is 6.61 Å². The molecule has 1 aliphatic rings. The van der Waals surface area contributed by atoms with E-state index in [1.807, 2.05) is 24.3 Å². The van der Waals surface area contributed by atoms with Crippen molar-refractivity contribution >= 4 is 28.8 Å². The maximum absolute atomic E-state index is 12.7. The van der Waals surface area contributed by atoms with Crippen molar-refractivity contribution in [3.05, 3.63) is 69.6 Å². The lowest BCUT2D eigenvalue weighted by molar-refractivity contribution is 0.0517. The summed E-state index contributed by atoms with van der Waals surface area (Å²) >= 11 is 7.26. The average Bonchev–Trinajstić information content (AvgIpc) is 3.21. The highest BCUT2D eigenvalue weighted by Crippen LogP contribution is 2.31. The number of halogens is 1. The molecule has 0 saturated carbocycles. The first kappa shape index (κ1) is 19.5. The van der Waals surface area contributed by atoms with Crippen LogP contribution >= 0.6 is 22.9 Å². The highest BCUT2D eigenvalue weighted by molar-refractivity contribution is 7.09. The quantitative estimate of drug-likeness (QED) is 0.584. The molecular weight excluding hydrogens is 412 g/mol. The molecule has 0 radical (unpaired) electrons. The zero-order valence-electron chi connectivity index (χ0n) is 15.7. The van der Waals surface area contributed by atoms with Gasteiger partial charge in [-0.25, -0.2) is 4.98 Å². The zero-order valence-corrected chi connectivity index (χ0v) is 17.3. The molecule has 3 aromatic rings. The highest BCUT2D eigenvalue weighted by atomic mass is 35.5. The van der Waals surface area contributed by atoms with Crippen molar-refractivity contribution in [1.82, 2.24) is 9.88 Å². The Morgan fingerprint density at radius 2 is 2.00 bits per heavy atom. The number of carbonyl (C=O) groups is 1. The normalized spacial score (nSPS) is 15.0. The van der Waals surface area contributed by atoms with Crippen molar-refractivity contribution in [2.45, 2.75) is 12.7 Å². The zero-order chi connectivity index (χ0) is 20.2. The molecule has 0 N–H and O–H groups in total. The number of nitrogens with zero attached hydrogens (tertiary/aromatic N) is 2. The van der Waals surface area contributed by atoms with Gasteiger partial charge in [0.05, 0.1) is 6.54 Å². The van der Waals surface area contributed by atoms with Crippen LogP contribution in [0.3, 0.4) is 0 Å². The maximum atomic E-state index is 12.7. The number of hydrogen-bond acceptors (Lipinski definition) is 6. The second-order valence-electron chi connectivity index (χ2n) is 6.55. The van der Waals surface area contributed by atoms with E-state index in [1.165, 1.54) is 11.3 Å². The number of thiazole rings is 1. The molecular formula is C21H19ClN2O4S. The first-order chi connectivity index (χ1) is 14.1. The van der Waals surface area contributed by atoms with Gasteiger partial charge in [0.15, 0.2) is 17.6 Å². The number of ether oxygens (including phenoxy) is 3. The summed E-state index contributed by atoms with van der Waals surface area (Å²) in [5.41, 5.74) is 0.393. The van der Waals surface area contributed by atoms with Crippen LogP contribution in [0.15, 0.2) is 53.9 Å². The number of benzene rings is 2. The number of amides is 1. The lowest BCUT2D eigenvalue weighted by Crippen LogP contribution is -2.41. The number of para-hydroxylation sites is 2. The molecule has 0 aliphatic carbocycles. The van der Waals surface area contributed by atoms with Crippen molar-refractivity contribution in [1.29, 1.82) is 0 Å². The van der Waals surface area contributed by atoms with Gasteiger partial charge in [-0.1, -0.05) is 23.7 Å². The van der Waals surface area contributed by atoms with E-state index < -0.39 is 0 Å². The van der Waals surface area contributed by atoms with Gasteiger partial charge in [-0.2, -0.15) is 0 Å². The fraction of sp³-hybridized carbons (Fsp3) is 0.238. The Balaban J connectivity index is 1.32. The number of fused-ring (bicyclic) bond motifs is 1. The molecule has 2 heterocycles. The topological polar surface area (TPSA) is 60.9 Å². The molecule has 0 fully saturated rings. The first-order valence-corrected chi connectivity index (χ1v) is 10.3. The van der Waals surface area contributed by atoms with Gasteiger partial charge in [0.25, 0.3) is 5.91 Å². The standard InChI is InChI=1S/C21H19ClN2O4S/c1-24(10-16-11-27-18-4-2-3-5-19(18)28-16)21(25)17-13-29-20(23-17)12-26-15-8-6-14(22)7-9-15/h2-9,13,16H,10-12H2,1H3/t16-/m1/s1. The fourth-order valence-corrected chi connectivity index (χ4v) is 3.69. The van der Waals surface area contributed by atoms with Crippen LogP contribution in [0.5, 0.6) is 17.2 Å². The lowest BCUT2D eigenvalue weighted by Gasteiger charge is -2.29. The van der Waals surface area contributed by atoms with Crippen LogP contribution in [0, 0.1) is 0 Å². The van der Waals surface area contributed by atoms with E-state index in [-0.39, 0.29) is 12.0 Å². The summed E-state index contributed by atoms with van der Waals surface area (Å²) in [6.07, 6.45) is -0.231. The Labute approximate surface area is 177 Å². The van der Waals surface area contributed by atoms with Crippen molar-refractivity contribution in [3.63, 3.8) is 0 Å². The van der Waals surface area contributed by atoms with Gasteiger partial charge in [-0.3, -0.25) is 4.79 Å². The molecule has 29 heavy (non-hydrogen) atoms. The molecule has 4 rings (SSSR count). The van der Waals surface area contributed by atoms with E-state index in [4.69, 9.17) is 25.8 Å². The monoisotopic (exact) mass is 430 g/mol. The van der Waals surface area contributed by atoms with E-state index in [0.717, 1.165) is 10.8 Å². The van der Waals surface area contributed by atoms with Gasteiger partial charge in [0.2, 0.25) is 0 Å². The molecule has 1 atom stereocenters. The third-order valence-electron chi connectivity index (χ3n) is 4.34. The number of carbonyl (C=O) groups excluding carboxylic acids is 1. The molecule has 1 amide bonds. The Morgan fingerprint density at radius 3 is 2.79 bits per heavy atom. The second-order valence-corrected chi connectivity index (χ2v) is 7.93. The van der Waals surface area contributed by atoms with E-state index >= 15 is 0 Å². The minimum absolute atomic E-state index is 0.165. The van der Waals surface area contributed by atoms with Crippen LogP contribution in [0.1, 0.15) is 15.5 Å². The third kappa shape index (κ3) is 4.81. The van der Waals surface area contributed by atoms with Crippen molar-refractivity contribution in [2.24, 2.45) is 0 Å². The Kier molecular flexibility index (Phi) is 5.87. The van der Waals surface area contributed by atoms with Gasteiger partial charge in [0.1, 0.15) is 29.7 Å². The number of likely N-dealkylation sites (N-methyl/N-ethyl adjacent to an activating group) is 1. The number of aromatic nitrogens is 1. The fourth-order valence-electron chi connectivity index (χ4n) is 2.89. The molecule has 8 heteroatoms. The number of hydrogen-bond donors (Lipinski definition) is 0. The van der Waals surface area contributed by atoms with Gasteiger partial charge < -0.3 is 19.1 Å². The van der Waals surface area contributed by atoms with Crippen molar-refractivity contribution < 1.29 is 19.0 Å². The summed E-state index contributed by atoms with van der Waals surface area (Å²) in [7, 11) is 1.73. The minimum atomic E-state index is -0.231. The summed E-state index contributed by atoms with van der Waals surface area (Å²) in [5, 5.41) is 3.12. The van der Waals surface area contributed by atoms with Crippen LogP contribution in [0.2, 0.25) is 5.02 Å². The molecule has 1 aliphatic heterocycles. The largest absolute Gasteiger partial charge is 0.486 e. The summed E-state index contributed by atoms with van der Waals surface area (Å²) in [6, 6.07) is 14.6. The molecule has 0 spiro atoms. The molecule has 0 unspecified atom stereocenters. The van der Waals surface area contributed by atoms with E-state index in [9.17, 15) is 4.79 Å². The predicted molar refractivity (Wildman–Crippen MR) is 111 cm³/mol. The van der Waals surface area contributed by atoms with Gasteiger partial charge in [-0.15, -0.1) is 11.3 Å². The third-order valence-corrected chi connectivity index (χ3v) is 5.41. The molecule has 0 bridgehead atoms. The van der Waals surface area contributed by atoms with Crippen LogP contribution in [0.25, 0.3) is 0 Å². The molecule has 6 nitrogen and oxygen atoms in total. The SMILES string of the molecule is CN(C[C@@H]1COc2ccccc2O1)C(=O)c1csc(COc2ccc(Cl)cc2)n1. The summed E-state index contributed by atoms with van der Waals surface area (Å²) in [5.74, 6) is 1.95. The Morgan fingerprint density at radius 1 is 1.24 bits per heavy atom. The summed E-state index contributed by atoms with van der Waals surface area (Å²) < 4.78 is 17.3. The van der Waals surface area contributed by atoms with Crippen molar-refractivity contribution in [3.8, 4) is 17.2 Å². The average molecular weight is 431 g/mol. The number of rotatable bonds is 6. The second kappa shape index (κ2) is 8.71. The van der Waals surface area contributed by atoms with Gasteiger partial charge in [0, 0.05) is 17.5 Å². The van der Waals surface area contributed by atoms with Gasteiger partial charge in [-0.05, 0) is 36.4 Å². The van der Waals surface area contributed by atoms with Crippen molar-refractivity contribution in [2.75, 3.05) is 20.2 Å². The van der Waals surface area contributed by atoms with E-state index in [2.05, 4.69) is 4.98 Å². The summed E-state index contributed by atoms with van der Waals surface area (Å²) in [6.45, 7) is 1.09. The van der Waals surface area contributed by atoms with E-state index in [1.54, 1.807) is 41.6 Å². The van der Waals surface area contributed by atoms with E-state index in [0.29, 0.717) is 42.0 Å². The Hall–Kier alpha value is -2.77. The predicted octanol–water partition coefficient (Wildman–Crippen LogP) is 4.29. The smallest absolute Gasteiger partial charge is 0.273 e. The van der Waals surface area contributed by atoms with Gasteiger partial charge >= 0.3 is 0 Å². The molecule has 0 saturated heterocycles. The van der Waals surface area contributed by atoms with Crippen LogP contribution in [-0.4, -0.2) is 42.1 Å². The van der Waals surface area contributed by atoms with Crippen LogP contribution < -0.4 is 14.2 Å². The summed E-state index contributed by atoms with van der Waals surface area (Å²) in [4.78, 5) is 18.7. The molecule has 2 aromatic carbocycles. The molecule has 150 valence electrons. The molecule has 1 aromatic heterocycles.